The van der Waals surface area contributed by atoms with Crippen LogP contribution in [0.25, 0.3) is 0 Å². The summed E-state index contributed by atoms with van der Waals surface area (Å²) in [5.74, 6) is -0.693. The molecule has 2 unspecified atom stereocenters. The number of halogens is 1. The molecule has 88 valence electrons. The summed E-state index contributed by atoms with van der Waals surface area (Å²) in [6.45, 7) is 0. The number of sulfone groups is 1. The van der Waals surface area contributed by atoms with E-state index in [9.17, 15) is 12.8 Å². The third-order valence-electron chi connectivity index (χ3n) is 3.05. The highest BCUT2D eigenvalue weighted by Gasteiger charge is 2.37. The van der Waals surface area contributed by atoms with Crippen LogP contribution < -0.4 is 5.73 Å². The average molecular weight is 243 g/mol. The van der Waals surface area contributed by atoms with Crippen LogP contribution in [-0.4, -0.2) is 19.7 Å². The second-order valence-corrected chi connectivity index (χ2v) is 6.24. The third-order valence-corrected chi connectivity index (χ3v) is 5.37. The maximum atomic E-state index is 13.4. The summed E-state index contributed by atoms with van der Waals surface area (Å²) >= 11 is 0. The molecule has 1 aromatic rings. The summed E-state index contributed by atoms with van der Waals surface area (Å²) in [6, 6.07) is 5.09. The van der Waals surface area contributed by atoms with Gasteiger partial charge < -0.3 is 5.73 Å². The van der Waals surface area contributed by atoms with Gasteiger partial charge in [-0.2, -0.15) is 0 Å². The van der Waals surface area contributed by atoms with Gasteiger partial charge in [-0.1, -0.05) is 18.6 Å². The summed E-state index contributed by atoms with van der Waals surface area (Å²) in [7, 11) is -3.62. The number of benzene rings is 1. The molecule has 1 fully saturated rings. The first-order valence-electron chi connectivity index (χ1n) is 5.27. The van der Waals surface area contributed by atoms with E-state index in [2.05, 4.69) is 0 Å². The van der Waals surface area contributed by atoms with Crippen molar-refractivity contribution in [2.75, 3.05) is 0 Å². The summed E-state index contributed by atoms with van der Waals surface area (Å²) in [4.78, 5) is -0.225. The molecule has 16 heavy (non-hydrogen) atoms. The minimum atomic E-state index is -3.62. The Morgan fingerprint density at radius 2 is 1.94 bits per heavy atom. The molecule has 0 aromatic heterocycles. The van der Waals surface area contributed by atoms with Gasteiger partial charge >= 0.3 is 0 Å². The first kappa shape index (κ1) is 11.5. The SMILES string of the molecule is NC1CCCC1S(=O)(=O)c1ccccc1F. The number of rotatable bonds is 2. The topological polar surface area (TPSA) is 60.2 Å². The highest BCUT2D eigenvalue weighted by Crippen LogP contribution is 2.29. The fourth-order valence-electron chi connectivity index (χ4n) is 2.18. The quantitative estimate of drug-likeness (QED) is 0.855. The molecule has 1 aliphatic carbocycles. The van der Waals surface area contributed by atoms with E-state index in [1.54, 1.807) is 0 Å². The number of hydrogen-bond acceptors (Lipinski definition) is 3. The molecule has 1 aromatic carbocycles. The Labute approximate surface area is 94.4 Å². The molecule has 0 spiro atoms. The highest BCUT2D eigenvalue weighted by molar-refractivity contribution is 7.92. The summed E-state index contributed by atoms with van der Waals surface area (Å²) < 4.78 is 37.7. The van der Waals surface area contributed by atoms with Crippen LogP contribution in [0.4, 0.5) is 4.39 Å². The zero-order valence-electron chi connectivity index (χ0n) is 8.77. The largest absolute Gasteiger partial charge is 0.327 e. The molecule has 2 rings (SSSR count). The Morgan fingerprint density at radius 3 is 2.50 bits per heavy atom. The van der Waals surface area contributed by atoms with Crippen LogP contribution in [0.15, 0.2) is 29.2 Å². The zero-order valence-corrected chi connectivity index (χ0v) is 9.58. The Balaban J connectivity index is 2.43. The molecule has 0 radical (unpaired) electrons. The molecule has 2 N–H and O–H groups in total. The molecule has 1 saturated carbocycles. The second kappa shape index (κ2) is 4.14. The lowest BCUT2D eigenvalue weighted by Crippen LogP contribution is -2.36. The van der Waals surface area contributed by atoms with Crippen molar-refractivity contribution in [3.63, 3.8) is 0 Å². The Kier molecular flexibility index (Phi) is 2.99. The lowest BCUT2D eigenvalue weighted by atomic mass is 10.3. The van der Waals surface area contributed by atoms with Gasteiger partial charge in [-0.15, -0.1) is 0 Å². The van der Waals surface area contributed by atoms with Crippen molar-refractivity contribution in [3.05, 3.63) is 30.1 Å². The van der Waals surface area contributed by atoms with Gasteiger partial charge in [-0.05, 0) is 25.0 Å². The maximum absolute atomic E-state index is 13.4. The smallest absolute Gasteiger partial charge is 0.185 e. The van der Waals surface area contributed by atoms with Crippen molar-refractivity contribution in [1.29, 1.82) is 0 Å². The van der Waals surface area contributed by atoms with Crippen LogP contribution in [0.2, 0.25) is 0 Å². The lowest BCUT2D eigenvalue weighted by molar-refractivity contribution is 0.548. The fourth-order valence-corrected chi connectivity index (χ4v) is 4.19. The van der Waals surface area contributed by atoms with E-state index >= 15 is 0 Å². The Bertz CT molecular complexity index is 487. The summed E-state index contributed by atoms with van der Waals surface area (Å²) in [6.07, 6.45) is 2.01. The van der Waals surface area contributed by atoms with Gasteiger partial charge in [0.25, 0.3) is 0 Å². The van der Waals surface area contributed by atoms with Gasteiger partial charge in [-0.3, -0.25) is 0 Å². The molecule has 2 atom stereocenters. The van der Waals surface area contributed by atoms with Crippen molar-refractivity contribution in [2.24, 2.45) is 5.73 Å². The third kappa shape index (κ3) is 1.85. The minimum absolute atomic E-state index is 0.225. The summed E-state index contributed by atoms with van der Waals surface area (Å²) in [5.41, 5.74) is 5.75. The van der Waals surface area contributed by atoms with E-state index in [4.69, 9.17) is 5.73 Å². The van der Waals surface area contributed by atoms with E-state index in [1.165, 1.54) is 18.2 Å². The van der Waals surface area contributed by atoms with Crippen molar-refractivity contribution < 1.29 is 12.8 Å². The van der Waals surface area contributed by atoms with Crippen LogP contribution in [0.1, 0.15) is 19.3 Å². The number of nitrogens with two attached hydrogens (primary N) is 1. The van der Waals surface area contributed by atoms with Gasteiger partial charge in [-0.25, -0.2) is 12.8 Å². The first-order chi connectivity index (χ1) is 7.53. The second-order valence-electron chi connectivity index (χ2n) is 4.11. The fraction of sp³-hybridized carbons (Fsp3) is 0.455. The molecule has 0 aliphatic heterocycles. The van der Waals surface area contributed by atoms with E-state index in [0.717, 1.165) is 12.5 Å². The van der Waals surface area contributed by atoms with Crippen LogP contribution in [0.5, 0.6) is 0 Å². The van der Waals surface area contributed by atoms with Crippen LogP contribution in [0.3, 0.4) is 0 Å². The van der Waals surface area contributed by atoms with E-state index in [-0.39, 0.29) is 10.9 Å². The lowest BCUT2D eigenvalue weighted by Gasteiger charge is -2.16. The Morgan fingerprint density at radius 1 is 1.25 bits per heavy atom. The van der Waals surface area contributed by atoms with Gasteiger partial charge in [0.1, 0.15) is 10.7 Å². The molecular formula is C11H14FNO2S. The van der Waals surface area contributed by atoms with Gasteiger partial charge in [0.15, 0.2) is 9.84 Å². The van der Waals surface area contributed by atoms with Gasteiger partial charge in [0, 0.05) is 6.04 Å². The molecule has 0 saturated heterocycles. The molecule has 3 nitrogen and oxygen atoms in total. The van der Waals surface area contributed by atoms with Crippen molar-refractivity contribution in [3.8, 4) is 0 Å². The molecule has 0 amide bonds. The standard InChI is InChI=1S/C11H14FNO2S/c12-8-4-1-2-6-10(8)16(14,15)11-7-3-5-9(11)13/h1-2,4,6,9,11H,3,5,7,13H2. The van der Waals surface area contributed by atoms with Crippen LogP contribution in [-0.2, 0) is 9.84 Å². The molecule has 5 heteroatoms. The van der Waals surface area contributed by atoms with Crippen molar-refractivity contribution in [2.45, 2.75) is 35.4 Å². The van der Waals surface area contributed by atoms with Crippen molar-refractivity contribution in [1.82, 2.24) is 0 Å². The van der Waals surface area contributed by atoms with Gasteiger partial charge in [0.2, 0.25) is 0 Å². The number of hydrogen-bond donors (Lipinski definition) is 1. The molecule has 1 aliphatic rings. The molecule has 0 bridgehead atoms. The molecular weight excluding hydrogens is 229 g/mol. The first-order valence-corrected chi connectivity index (χ1v) is 6.82. The average Bonchev–Trinajstić information content (AvgIpc) is 2.65. The van der Waals surface area contributed by atoms with E-state index in [0.29, 0.717) is 12.8 Å². The van der Waals surface area contributed by atoms with Crippen LogP contribution >= 0.6 is 0 Å². The zero-order chi connectivity index (χ0) is 11.8. The Hall–Kier alpha value is -0.940. The molecule has 0 heterocycles. The normalized spacial score (nSPS) is 25.9. The van der Waals surface area contributed by atoms with E-state index < -0.39 is 20.9 Å². The van der Waals surface area contributed by atoms with Crippen molar-refractivity contribution >= 4 is 9.84 Å². The summed E-state index contributed by atoms with van der Waals surface area (Å²) in [5, 5.41) is -0.635. The van der Waals surface area contributed by atoms with Gasteiger partial charge in [0.05, 0.1) is 5.25 Å². The van der Waals surface area contributed by atoms with E-state index in [1.807, 2.05) is 0 Å². The highest BCUT2D eigenvalue weighted by atomic mass is 32.2. The maximum Gasteiger partial charge on any atom is 0.185 e. The minimum Gasteiger partial charge on any atom is -0.327 e. The predicted molar refractivity (Wildman–Crippen MR) is 59.2 cm³/mol. The predicted octanol–water partition coefficient (Wildman–Crippen LogP) is 1.48. The monoisotopic (exact) mass is 243 g/mol. The van der Waals surface area contributed by atoms with Crippen LogP contribution in [0, 0.1) is 5.82 Å².